The highest BCUT2D eigenvalue weighted by Crippen LogP contribution is 2.36. The van der Waals surface area contributed by atoms with Crippen molar-refractivity contribution in [3.05, 3.63) is 42.0 Å². The predicted molar refractivity (Wildman–Crippen MR) is 79.9 cm³/mol. The van der Waals surface area contributed by atoms with E-state index in [9.17, 15) is 4.79 Å². The molecule has 0 saturated heterocycles. The first-order chi connectivity index (χ1) is 9.86. The third kappa shape index (κ3) is 2.91. The molecule has 1 aromatic heterocycles. The lowest BCUT2D eigenvalue weighted by Crippen LogP contribution is -2.29. The quantitative estimate of drug-likeness (QED) is 0.794. The summed E-state index contributed by atoms with van der Waals surface area (Å²) >= 11 is 0. The summed E-state index contributed by atoms with van der Waals surface area (Å²) in [5.74, 6) is 1.67. The number of methoxy groups -OCH3 is 1. The molecule has 1 aromatic carbocycles. The summed E-state index contributed by atoms with van der Waals surface area (Å²) in [6.45, 7) is 5.33. The van der Waals surface area contributed by atoms with E-state index in [1.54, 1.807) is 31.5 Å². The van der Waals surface area contributed by atoms with Gasteiger partial charge in [-0.2, -0.15) is 0 Å². The highest BCUT2D eigenvalue weighted by atomic mass is 16.5. The maximum atomic E-state index is 11.8. The van der Waals surface area contributed by atoms with E-state index in [0.29, 0.717) is 17.1 Å². The monoisotopic (exact) mass is 288 g/mol. The van der Waals surface area contributed by atoms with Crippen LogP contribution in [-0.4, -0.2) is 22.4 Å². The summed E-state index contributed by atoms with van der Waals surface area (Å²) in [5, 5.41) is 0. The Morgan fingerprint density at radius 1 is 1.33 bits per heavy atom. The van der Waals surface area contributed by atoms with Crippen molar-refractivity contribution >= 4 is 5.78 Å². The minimum atomic E-state index is -0.697. The summed E-state index contributed by atoms with van der Waals surface area (Å²) in [4.78, 5) is 16.1. The number of benzene rings is 1. The Morgan fingerprint density at radius 2 is 2.05 bits per heavy atom. The fourth-order valence-electron chi connectivity index (χ4n) is 2.31. The van der Waals surface area contributed by atoms with Gasteiger partial charge in [-0.1, -0.05) is 6.07 Å². The second-order valence-corrected chi connectivity index (χ2v) is 5.37. The zero-order valence-electron chi connectivity index (χ0n) is 13.0. The molecule has 1 heterocycles. The molecular formula is C16H20N2O3. The fraction of sp³-hybridized carbons (Fsp3) is 0.375. The number of ketones is 1. The van der Waals surface area contributed by atoms with E-state index >= 15 is 0 Å². The minimum Gasteiger partial charge on any atom is -0.493 e. The van der Waals surface area contributed by atoms with Gasteiger partial charge >= 0.3 is 0 Å². The number of ether oxygens (including phenoxy) is 2. The van der Waals surface area contributed by atoms with Crippen molar-refractivity contribution < 1.29 is 14.3 Å². The van der Waals surface area contributed by atoms with Crippen LogP contribution in [0.25, 0.3) is 0 Å². The van der Waals surface area contributed by atoms with Gasteiger partial charge in [-0.3, -0.25) is 4.79 Å². The van der Waals surface area contributed by atoms with E-state index < -0.39 is 5.60 Å². The molecule has 0 amide bonds. The van der Waals surface area contributed by atoms with Gasteiger partial charge in [0.2, 0.25) is 0 Å². The third-order valence-corrected chi connectivity index (χ3v) is 3.30. The lowest BCUT2D eigenvalue weighted by Gasteiger charge is -2.27. The SMILES string of the molecule is COc1cccc(C(C)=O)c1OC(C)(C)c1nccn1C. The van der Waals surface area contributed by atoms with E-state index in [1.807, 2.05) is 31.7 Å². The summed E-state index contributed by atoms with van der Waals surface area (Å²) in [6, 6.07) is 5.28. The molecule has 0 spiro atoms. The largest absolute Gasteiger partial charge is 0.493 e. The molecule has 0 aliphatic heterocycles. The zero-order valence-corrected chi connectivity index (χ0v) is 13.0. The van der Waals surface area contributed by atoms with Crippen molar-refractivity contribution in [1.29, 1.82) is 0 Å². The van der Waals surface area contributed by atoms with E-state index in [1.165, 1.54) is 6.92 Å². The van der Waals surface area contributed by atoms with Gasteiger partial charge < -0.3 is 14.0 Å². The molecule has 0 aliphatic rings. The molecule has 2 aromatic rings. The van der Waals surface area contributed by atoms with E-state index in [0.717, 1.165) is 5.82 Å². The highest BCUT2D eigenvalue weighted by molar-refractivity contribution is 5.97. The van der Waals surface area contributed by atoms with Crippen molar-refractivity contribution in [2.45, 2.75) is 26.4 Å². The maximum Gasteiger partial charge on any atom is 0.173 e. The van der Waals surface area contributed by atoms with Crippen LogP contribution in [0.15, 0.2) is 30.6 Å². The van der Waals surface area contributed by atoms with Crippen LogP contribution in [0.5, 0.6) is 11.5 Å². The molecule has 5 heteroatoms. The lowest BCUT2D eigenvalue weighted by atomic mass is 10.1. The molecule has 0 aliphatic carbocycles. The Labute approximate surface area is 124 Å². The number of aromatic nitrogens is 2. The molecule has 112 valence electrons. The smallest absolute Gasteiger partial charge is 0.173 e. The lowest BCUT2D eigenvalue weighted by molar-refractivity contribution is 0.0861. The van der Waals surface area contributed by atoms with Crippen molar-refractivity contribution in [2.75, 3.05) is 7.11 Å². The first-order valence-corrected chi connectivity index (χ1v) is 6.71. The topological polar surface area (TPSA) is 53.4 Å². The summed E-state index contributed by atoms with van der Waals surface area (Å²) in [7, 11) is 3.46. The zero-order chi connectivity index (χ0) is 15.6. The normalized spacial score (nSPS) is 11.3. The Bertz CT molecular complexity index is 659. The van der Waals surface area contributed by atoms with Gasteiger partial charge in [0.05, 0.1) is 12.7 Å². The second kappa shape index (κ2) is 5.60. The maximum absolute atomic E-state index is 11.8. The summed E-state index contributed by atoms with van der Waals surface area (Å²) < 4.78 is 13.3. The molecule has 5 nitrogen and oxygen atoms in total. The van der Waals surface area contributed by atoms with Gasteiger partial charge in [0.1, 0.15) is 0 Å². The van der Waals surface area contributed by atoms with Crippen molar-refractivity contribution in [1.82, 2.24) is 9.55 Å². The first-order valence-electron chi connectivity index (χ1n) is 6.71. The molecule has 21 heavy (non-hydrogen) atoms. The average Bonchev–Trinajstić information content (AvgIpc) is 2.85. The number of hydrogen-bond acceptors (Lipinski definition) is 4. The number of aryl methyl sites for hydroxylation is 1. The third-order valence-electron chi connectivity index (χ3n) is 3.30. The van der Waals surface area contributed by atoms with Crippen LogP contribution in [0, 0.1) is 0 Å². The van der Waals surface area contributed by atoms with Crippen LogP contribution in [0.2, 0.25) is 0 Å². The van der Waals surface area contributed by atoms with Gasteiger partial charge in [-0.05, 0) is 32.9 Å². The highest BCUT2D eigenvalue weighted by Gasteiger charge is 2.30. The Kier molecular flexibility index (Phi) is 4.02. The van der Waals surface area contributed by atoms with Crippen molar-refractivity contribution in [3.63, 3.8) is 0 Å². The van der Waals surface area contributed by atoms with Crippen LogP contribution in [0.4, 0.5) is 0 Å². The van der Waals surface area contributed by atoms with E-state index in [2.05, 4.69) is 4.98 Å². The number of para-hydroxylation sites is 1. The van der Waals surface area contributed by atoms with Gasteiger partial charge in [-0.25, -0.2) is 4.98 Å². The van der Waals surface area contributed by atoms with Crippen LogP contribution < -0.4 is 9.47 Å². The summed E-state index contributed by atoms with van der Waals surface area (Å²) in [5.41, 5.74) is -0.200. The standard InChI is InChI=1S/C16H20N2O3/c1-11(19)12-7-6-8-13(20-5)14(12)21-16(2,3)15-17-9-10-18(15)4/h6-10H,1-5H3. The van der Waals surface area contributed by atoms with E-state index in [-0.39, 0.29) is 5.78 Å². The number of carbonyl (C=O) groups excluding carboxylic acids is 1. The average molecular weight is 288 g/mol. The van der Waals surface area contributed by atoms with E-state index in [4.69, 9.17) is 9.47 Å². The number of carbonyl (C=O) groups is 1. The van der Waals surface area contributed by atoms with Crippen molar-refractivity contribution in [3.8, 4) is 11.5 Å². The molecule has 0 fully saturated rings. The summed E-state index contributed by atoms with van der Waals surface area (Å²) in [6.07, 6.45) is 3.57. The number of Topliss-reactive ketones (excluding diaryl/α,β-unsaturated/α-hetero) is 1. The predicted octanol–water partition coefficient (Wildman–Crippen LogP) is 2.95. The van der Waals surface area contributed by atoms with Gasteiger partial charge in [0, 0.05) is 19.4 Å². The fourth-order valence-corrected chi connectivity index (χ4v) is 2.31. The minimum absolute atomic E-state index is 0.0699. The second-order valence-electron chi connectivity index (χ2n) is 5.37. The Balaban J connectivity index is 2.48. The number of hydrogen-bond donors (Lipinski definition) is 0. The number of imidazole rings is 1. The molecule has 0 unspecified atom stereocenters. The molecule has 0 saturated carbocycles. The number of nitrogens with zero attached hydrogens (tertiary/aromatic N) is 2. The molecule has 0 radical (unpaired) electrons. The first kappa shape index (κ1) is 15.1. The van der Waals surface area contributed by atoms with Crippen molar-refractivity contribution in [2.24, 2.45) is 7.05 Å². The van der Waals surface area contributed by atoms with Crippen LogP contribution in [0.1, 0.15) is 37.0 Å². The van der Waals surface area contributed by atoms with Gasteiger partial charge in [-0.15, -0.1) is 0 Å². The van der Waals surface area contributed by atoms with Crippen LogP contribution in [0.3, 0.4) is 0 Å². The Morgan fingerprint density at radius 3 is 2.57 bits per heavy atom. The molecule has 2 rings (SSSR count). The molecular weight excluding hydrogens is 268 g/mol. The number of rotatable bonds is 5. The van der Waals surface area contributed by atoms with Crippen LogP contribution in [-0.2, 0) is 12.6 Å². The molecule has 0 N–H and O–H groups in total. The molecule has 0 bridgehead atoms. The van der Waals surface area contributed by atoms with Crippen LogP contribution >= 0.6 is 0 Å². The molecule has 0 atom stereocenters. The van der Waals surface area contributed by atoms with Gasteiger partial charge in [0.15, 0.2) is 28.7 Å². The van der Waals surface area contributed by atoms with Gasteiger partial charge in [0.25, 0.3) is 0 Å². The Hall–Kier alpha value is -2.30.